The first kappa shape index (κ1) is 21.8. The molecule has 0 aliphatic heterocycles. The molecule has 6 heteroatoms. The maximum Gasteiger partial charge on any atom is 0.271 e. The van der Waals surface area contributed by atoms with Gasteiger partial charge in [-0.25, -0.2) is 5.43 Å². The number of ether oxygens (including phenoxy) is 1. The van der Waals surface area contributed by atoms with Crippen LogP contribution in [0.4, 0.5) is 0 Å². The maximum absolute atomic E-state index is 12.1. The quantitative estimate of drug-likeness (QED) is 0.415. The zero-order chi connectivity index (χ0) is 21.9. The molecule has 0 heterocycles. The van der Waals surface area contributed by atoms with Gasteiger partial charge in [-0.1, -0.05) is 48.5 Å². The summed E-state index contributed by atoms with van der Waals surface area (Å²) >= 11 is 0. The zero-order valence-corrected chi connectivity index (χ0v) is 17.4. The van der Waals surface area contributed by atoms with Gasteiger partial charge in [0, 0.05) is 12.1 Å². The monoisotopic (exact) mass is 415 g/mol. The van der Waals surface area contributed by atoms with E-state index in [1.165, 1.54) is 5.56 Å². The molecule has 3 aromatic rings. The number of amides is 2. The highest BCUT2D eigenvalue weighted by atomic mass is 16.5. The fourth-order valence-corrected chi connectivity index (χ4v) is 2.89. The maximum atomic E-state index is 12.1. The van der Waals surface area contributed by atoms with E-state index in [1.54, 1.807) is 36.5 Å². The summed E-state index contributed by atoms with van der Waals surface area (Å²) in [5.41, 5.74) is 5.97. The standard InChI is InChI=1S/C25H25N3O3/c1-19-7-5-6-10-23(19)25(30)28-27-17-21-11-13-22(14-12-21)31-18-24(29)26-16-15-20-8-3-2-4-9-20/h2-14,17H,15-16,18H2,1H3,(H,26,29)(H,28,30)/b27-17+. The minimum atomic E-state index is -0.257. The first-order valence-corrected chi connectivity index (χ1v) is 10.0. The van der Waals surface area contributed by atoms with E-state index in [-0.39, 0.29) is 18.4 Å². The van der Waals surface area contributed by atoms with Crippen LogP contribution in [0.3, 0.4) is 0 Å². The second-order valence-electron chi connectivity index (χ2n) is 6.96. The highest BCUT2D eigenvalue weighted by Gasteiger charge is 2.06. The van der Waals surface area contributed by atoms with E-state index in [4.69, 9.17) is 4.74 Å². The van der Waals surface area contributed by atoms with Crippen LogP contribution in [0.5, 0.6) is 5.75 Å². The van der Waals surface area contributed by atoms with Gasteiger partial charge in [-0.05, 0) is 60.4 Å². The molecule has 31 heavy (non-hydrogen) atoms. The molecule has 0 saturated heterocycles. The number of hydrogen-bond donors (Lipinski definition) is 2. The van der Waals surface area contributed by atoms with Crippen molar-refractivity contribution < 1.29 is 14.3 Å². The van der Waals surface area contributed by atoms with Gasteiger partial charge in [0.2, 0.25) is 0 Å². The van der Waals surface area contributed by atoms with Crippen molar-refractivity contribution in [1.29, 1.82) is 0 Å². The van der Waals surface area contributed by atoms with Crippen LogP contribution in [0.1, 0.15) is 27.0 Å². The average molecular weight is 415 g/mol. The average Bonchev–Trinajstić information content (AvgIpc) is 2.79. The number of hydrogen-bond acceptors (Lipinski definition) is 4. The lowest BCUT2D eigenvalue weighted by Crippen LogP contribution is -2.30. The van der Waals surface area contributed by atoms with Crippen LogP contribution in [0.25, 0.3) is 0 Å². The number of hydrazone groups is 1. The Bertz CT molecular complexity index is 1030. The zero-order valence-electron chi connectivity index (χ0n) is 17.4. The number of nitrogens with zero attached hydrogens (tertiary/aromatic N) is 1. The number of aryl methyl sites for hydroxylation is 1. The Morgan fingerprint density at radius 1 is 0.935 bits per heavy atom. The summed E-state index contributed by atoms with van der Waals surface area (Å²) in [6.45, 7) is 2.39. The van der Waals surface area contributed by atoms with Gasteiger partial charge in [-0.15, -0.1) is 0 Å². The Kier molecular flexibility index (Phi) is 7.94. The van der Waals surface area contributed by atoms with Crippen molar-refractivity contribution in [3.63, 3.8) is 0 Å². The molecular formula is C25H25N3O3. The molecule has 0 spiro atoms. The van der Waals surface area contributed by atoms with Gasteiger partial charge < -0.3 is 10.1 Å². The Labute approximate surface area is 182 Å². The summed E-state index contributed by atoms with van der Waals surface area (Å²) < 4.78 is 5.51. The van der Waals surface area contributed by atoms with Crippen molar-refractivity contribution in [3.05, 3.63) is 101 Å². The summed E-state index contributed by atoms with van der Waals surface area (Å²) in [7, 11) is 0. The van der Waals surface area contributed by atoms with E-state index in [9.17, 15) is 9.59 Å². The summed E-state index contributed by atoms with van der Waals surface area (Å²) in [5.74, 6) is 0.160. The predicted octanol–water partition coefficient (Wildman–Crippen LogP) is 3.50. The Balaban J connectivity index is 1.39. The molecule has 0 aliphatic rings. The fourth-order valence-electron chi connectivity index (χ4n) is 2.89. The SMILES string of the molecule is Cc1ccccc1C(=O)N/N=C/c1ccc(OCC(=O)NCCc2ccccc2)cc1. The summed E-state index contributed by atoms with van der Waals surface area (Å²) in [6, 6.07) is 24.4. The topological polar surface area (TPSA) is 79.8 Å². The largest absolute Gasteiger partial charge is 0.484 e. The molecule has 0 saturated carbocycles. The van der Waals surface area contributed by atoms with E-state index in [1.807, 2.05) is 55.5 Å². The Morgan fingerprint density at radius 2 is 1.65 bits per heavy atom. The van der Waals surface area contributed by atoms with E-state index in [0.717, 1.165) is 17.5 Å². The van der Waals surface area contributed by atoms with Crippen molar-refractivity contribution in [2.75, 3.05) is 13.2 Å². The van der Waals surface area contributed by atoms with Crippen LogP contribution >= 0.6 is 0 Å². The van der Waals surface area contributed by atoms with Crippen molar-refractivity contribution >= 4 is 18.0 Å². The van der Waals surface area contributed by atoms with Gasteiger partial charge in [0.15, 0.2) is 6.61 Å². The Hall–Kier alpha value is -3.93. The first-order chi connectivity index (χ1) is 15.1. The van der Waals surface area contributed by atoms with E-state index < -0.39 is 0 Å². The van der Waals surface area contributed by atoms with Crippen LogP contribution < -0.4 is 15.5 Å². The highest BCUT2D eigenvalue weighted by molar-refractivity contribution is 5.96. The normalized spacial score (nSPS) is 10.6. The molecule has 0 aliphatic carbocycles. The van der Waals surface area contributed by atoms with Crippen LogP contribution in [0.2, 0.25) is 0 Å². The van der Waals surface area contributed by atoms with Gasteiger partial charge in [-0.3, -0.25) is 9.59 Å². The molecule has 0 unspecified atom stereocenters. The molecule has 3 aromatic carbocycles. The lowest BCUT2D eigenvalue weighted by molar-refractivity contribution is -0.123. The third-order valence-electron chi connectivity index (χ3n) is 4.60. The van der Waals surface area contributed by atoms with Gasteiger partial charge in [0.05, 0.1) is 6.21 Å². The fraction of sp³-hybridized carbons (Fsp3) is 0.160. The van der Waals surface area contributed by atoms with Gasteiger partial charge in [-0.2, -0.15) is 5.10 Å². The van der Waals surface area contributed by atoms with E-state index in [0.29, 0.717) is 17.9 Å². The van der Waals surface area contributed by atoms with Crippen LogP contribution in [-0.4, -0.2) is 31.2 Å². The number of carbonyl (C=O) groups is 2. The third kappa shape index (κ3) is 7.12. The summed E-state index contributed by atoms with van der Waals surface area (Å²) in [4.78, 5) is 24.1. The number of carbonyl (C=O) groups excluding carboxylic acids is 2. The second kappa shape index (κ2) is 11.3. The molecule has 2 amide bonds. The minimum absolute atomic E-state index is 0.0469. The Morgan fingerprint density at radius 3 is 2.39 bits per heavy atom. The second-order valence-corrected chi connectivity index (χ2v) is 6.96. The molecular weight excluding hydrogens is 390 g/mol. The predicted molar refractivity (Wildman–Crippen MR) is 121 cm³/mol. The van der Waals surface area contributed by atoms with Gasteiger partial charge in [0.1, 0.15) is 5.75 Å². The molecule has 158 valence electrons. The van der Waals surface area contributed by atoms with Gasteiger partial charge >= 0.3 is 0 Å². The lowest BCUT2D eigenvalue weighted by Gasteiger charge is -2.08. The smallest absolute Gasteiger partial charge is 0.271 e. The summed E-state index contributed by atoms with van der Waals surface area (Å²) in [6.07, 6.45) is 2.33. The third-order valence-corrected chi connectivity index (χ3v) is 4.60. The number of rotatable bonds is 9. The molecule has 2 N–H and O–H groups in total. The summed E-state index contributed by atoms with van der Waals surface area (Å²) in [5, 5.41) is 6.84. The van der Waals surface area contributed by atoms with Crippen LogP contribution in [0.15, 0.2) is 84.0 Å². The number of benzene rings is 3. The molecule has 0 aromatic heterocycles. The number of nitrogens with one attached hydrogen (secondary N) is 2. The molecule has 0 radical (unpaired) electrons. The minimum Gasteiger partial charge on any atom is -0.484 e. The lowest BCUT2D eigenvalue weighted by atomic mass is 10.1. The van der Waals surface area contributed by atoms with Crippen LogP contribution in [0, 0.1) is 6.92 Å². The van der Waals surface area contributed by atoms with Crippen molar-refractivity contribution in [2.45, 2.75) is 13.3 Å². The van der Waals surface area contributed by atoms with Crippen molar-refractivity contribution in [3.8, 4) is 5.75 Å². The van der Waals surface area contributed by atoms with E-state index >= 15 is 0 Å². The van der Waals surface area contributed by atoms with E-state index in [2.05, 4.69) is 15.8 Å². The molecule has 0 fully saturated rings. The highest BCUT2D eigenvalue weighted by Crippen LogP contribution is 2.11. The molecule has 0 atom stereocenters. The van der Waals surface area contributed by atoms with Crippen molar-refractivity contribution in [1.82, 2.24) is 10.7 Å². The van der Waals surface area contributed by atoms with Crippen LogP contribution in [-0.2, 0) is 11.2 Å². The molecule has 6 nitrogen and oxygen atoms in total. The molecule has 3 rings (SSSR count). The van der Waals surface area contributed by atoms with Crippen molar-refractivity contribution in [2.24, 2.45) is 5.10 Å². The van der Waals surface area contributed by atoms with Gasteiger partial charge in [0.25, 0.3) is 11.8 Å². The first-order valence-electron chi connectivity index (χ1n) is 10.0. The molecule has 0 bridgehead atoms.